The second-order valence-corrected chi connectivity index (χ2v) is 7.06. The quantitative estimate of drug-likeness (QED) is 0.322. The fourth-order valence-corrected chi connectivity index (χ4v) is 4.13. The third kappa shape index (κ3) is 5.34. The van der Waals surface area contributed by atoms with Crippen LogP contribution < -0.4 is 5.32 Å². The number of hydrogen-bond donors (Lipinski definition) is 1. The lowest BCUT2D eigenvalue weighted by atomic mass is 9.94. The first kappa shape index (κ1) is 19.0. The highest BCUT2D eigenvalue weighted by molar-refractivity contribution is 14.0. The molecule has 1 aliphatic carbocycles. The normalized spacial score (nSPS) is 29.4. The van der Waals surface area contributed by atoms with E-state index in [1.807, 2.05) is 7.05 Å². The van der Waals surface area contributed by atoms with Gasteiger partial charge in [-0.15, -0.1) is 24.0 Å². The zero-order valence-electron chi connectivity index (χ0n) is 14.5. The van der Waals surface area contributed by atoms with Gasteiger partial charge in [-0.05, 0) is 57.5 Å². The molecule has 132 valence electrons. The van der Waals surface area contributed by atoms with Crippen LogP contribution in [-0.2, 0) is 0 Å². The standard InChI is InChI=1S/C18H32N4.HI/c1-19-18(20-14-16-8-4-2-5-9-16)22-13-10-17(15-22)21-11-6-3-7-12-21;/h2,4,16-17H,3,5-15H2,1H3,(H,19,20);1H. The van der Waals surface area contributed by atoms with Gasteiger partial charge in [-0.25, -0.2) is 0 Å². The zero-order valence-corrected chi connectivity index (χ0v) is 16.9. The van der Waals surface area contributed by atoms with Crippen molar-refractivity contribution in [3.8, 4) is 0 Å². The number of guanidine groups is 1. The van der Waals surface area contributed by atoms with Crippen LogP contribution in [-0.4, -0.2) is 61.6 Å². The molecule has 0 amide bonds. The molecule has 0 spiro atoms. The molecule has 2 aliphatic heterocycles. The van der Waals surface area contributed by atoms with Crippen LogP contribution in [0.2, 0.25) is 0 Å². The van der Waals surface area contributed by atoms with Crippen molar-refractivity contribution in [3.05, 3.63) is 12.2 Å². The summed E-state index contributed by atoms with van der Waals surface area (Å²) < 4.78 is 0. The van der Waals surface area contributed by atoms with Crippen molar-refractivity contribution < 1.29 is 0 Å². The van der Waals surface area contributed by atoms with E-state index in [1.54, 1.807) is 0 Å². The molecular formula is C18H33IN4. The summed E-state index contributed by atoms with van der Waals surface area (Å²) in [6, 6.07) is 0.747. The van der Waals surface area contributed by atoms with E-state index in [-0.39, 0.29) is 24.0 Å². The Balaban J connectivity index is 0.00000192. The smallest absolute Gasteiger partial charge is 0.193 e. The van der Waals surface area contributed by atoms with Crippen LogP contribution >= 0.6 is 24.0 Å². The van der Waals surface area contributed by atoms with Gasteiger partial charge >= 0.3 is 0 Å². The molecule has 0 aromatic heterocycles. The first-order valence-electron chi connectivity index (χ1n) is 9.21. The maximum Gasteiger partial charge on any atom is 0.193 e. The molecule has 0 radical (unpaired) electrons. The van der Waals surface area contributed by atoms with Crippen molar-refractivity contribution in [2.75, 3.05) is 39.8 Å². The van der Waals surface area contributed by atoms with Crippen molar-refractivity contribution in [3.63, 3.8) is 0 Å². The number of hydrogen-bond acceptors (Lipinski definition) is 2. The fourth-order valence-electron chi connectivity index (χ4n) is 4.13. The predicted octanol–water partition coefficient (Wildman–Crippen LogP) is 3.10. The number of nitrogens with zero attached hydrogens (tertiary/aromatic N) is 3. The number of allylic oxidation sites excluding steroid dienone is 2. The topological polar surface area (TPSA) is 30.9 Å². The molecule has 3 aliphatic rings. The van der Waals surface area contributed by atoms with Gasteiger partial charge in [0.1, 0.15) is 0 Å². The molecule has 0 saturated carbocycles. The molecule has 4 nitrogen and oxygen atoms in total. The van der Waals surface area contributed by atoms with Crippen molar-refractivity contribution in [2.45, 2.75) is 51.0 Å². The second kappa shape index (κ2) is 9.87. The van der Waals surface area contributed by atoms with E-state index in [0.29, 0.717) is 0 Å². The van der Waals surface area contributed by atoms with Gasteiger partial charge in [-0.1, -0.05) is 18.6 Å². The summed E-state index contributed by atoms with van der Waals surface area (Å²) >= 11 is 0. The molecule has 0 bridgehead atoms. The number of rotatable bonds is 3. The Morgan fingerprint density at radius 2 is 1.96 bits per heavy atom. The van der Waals surface area contributed by atoms with Crippen molar-refractivity contribution in [1.29, 1.82) is 0 Å². The van der Waals surface area contributed by atoms with E-state index in [9.17, 15) is 0 Å². The van der Waals surface area contributed by atoms with Gasteiger partial charge in [0.25, 0.3) is 0 Å². The Morgan fingerprint density at radius 3 is 2.65 bits per heavy atom. The van der Waals surface area contributed by atoms with Gasteiger partial charge in [-0.2, -0.15) is 0 Å². The number of aliphatic imine (C=N–C) groups is 1. The van der Waals surface area contributed by atoms with Gasteiger partial charge in [0, 0.05) is 32.7 Å². The van der Waals surface area contributed by atoms with Crippen LogP contribution in [0.5, 0.6) is 0 Å². The van der Waals surface area contributed by atoms with E-state index < -0.39 is 0 Å². The molecule has 2 heterocycles. The maximum absolute atomic E-state index is 4.53. The van der Waals surface area contributed by atoms with Crippen molar-refractivity contribution in [2.24, 2.45) is 10.9 Å². The van der Waals surface area contributed by atoms with Crippen LogP contribution in [0, 0.1) is 5.92 Å². The molecule has 2 unspecified atom stereocenters. The third-order valence-electron chi connectivity index (χ3n) is 5.51. The Hall–Kier alpha value is -0.300. The lowest BCUT2D eigenvalue weighted by Gasteiger charge is -2.32. The van der Waals surface area contributed by atoms with Gasteiger partial charge < -0.3 is 10.2 Å². The van der Waals surface area contributed by atoms with Gasteiger partial charge in [0.2, 0.25) is 0 Å². The van der Waals surface area contributed by atoms with Gasteiger partial charge in [0.15, 0.2) is 5.96 Å². The van der Waals surface area contributed by atoms with Crippen molar-refractivity contribution >= 4 is 29.9 Å². The highest BCUT2D eigenvalue weighted by Gasteiger charge is 2.30. The van der Waals surface area contributed by atoms with E-state index in [4.69, 9.17) is 0 Å². The summed E-state index contributed by atoms with van der Waals surface area (Å²) in [7, 11) is 1.93. The largest absolute Gasteiger partial charge is 0.356 e. The minimum atomic E-state index is 0. The van der Waals surface area contributed by atoms with Crippen LogP contribution in [0.25, 0.3) is 0 Å². The molecule has 23 heavy (non-hydrogen) atoms. The summed E-state index contributed by atoms with van der Waals surface area (Å²) in [6.45, 7) is 6.00. The van der Waals surface area contributed by atoms with E-state index in [1.165, 1.54) is 58.0 Å². The summed E-state index contributed by atoms with van der Waals surface area (Å²) in [5.74, 6) is 1.90. The Bertz CT molecular complexity index is 404. The summed E-state index contributed by atoms with van der Waals surface area (Å²) in [5.41, 5.74) is 0. The maximum atomic E-state index is 4.53. The van der Waals surface area contributed by atoms with Crippen LogP contribution in [0.4, 0.5) is 0 Å². The number of nitrogens with one attached hydrogen (secondary N) is 1. The van der Waals surface area contributed by atoms with Gasteiger partial charge in [0.05, 0.1) is 0 Å². The molecular weight excluding hydrogens is 399 g/mol. The second-order valence-electron chi connectivity index (χ2n) is 7.06. The molecule has 5 heteroatoms. The zero-order chi connectivity index (χ0) is 15.2. The number of likely N-dealkylation sites (tertiary alicyclic amines) is 2. The minimum absolute atomic E-state index is 0. The Labute approximate surface area is 158 Å². The number of piperidine rings is 1. The SMILES string of the molecule is CN=C(NCC1CC=CCC1)N1CCC(N2CCCCC2)C1.I. The van der Waals surface area contributed by atoms with Crippen LogP contribution in [0.1, 0.15) is 44.9 Å². The molecule has 2 saturated heterocycles. The first-order valence-corrected chi connectivity index (χ1v) is 9.21. The highest BCUT2D eigenvalue weighted by atomic mass is 127. The predicted molar refractivity (Wildman–Crippen MR) is 109 cm³/mol. The average molecular weight is 432 g/mol. The molecule has 0 aromatic rings. The van der Waals surface area contributed by atoms with Crippen LogP contribution in [0.15, 0.2) is 17.1 Å². The molecule has 2 atom stereocenters. The van der Waals surface area contributed by atoms with Gasteiger partial charge in [-0.3, -0.25) is 9.89 Å². The molecule has 0 aromatic carbocycles. The Morgan fingerprint density at radius 1 is 1.13 bits per heavy atom. The molecule has 1 N–H and O–H groups in total. The average Bonchev–Trinajstić information content (AvgIpc) is 3.07. The highest BCUT2D eigenvalue weighted by Crippen LogP contribution is 2.21. The third-order valence-corrected chi connectivity index (χ3v) is 5.51. The monoisotopic (exact) mass is 432 g/mol. The van der Waals surface area contributed by atoms with E-state index >= 15 is 0 Å². The summed E-state index contributed by atoms with van der Waals surface area (Å²) in [4.78, 5) is 9.71. The number of halogens is 1. The lowest BCUT2D eigenvalue weighted by molar-refractivity contribution is 0.168. The van der Waals surface area contributed by atoms with Crippen LogP contribution in [0.3, 0.4) is 0 Å². The lowest BCUT2D eigenvalue weighted by Crippen LogP contribution is -2.45. The molecule has 3 rings (SSSR count). The van der Waals surface area contributed by atoms with E-state index in [2.05, 4.69) is 32.3 Å². The molecule has 2 fully saturated rings. The summed E-state index contributed by atoms with van der Waals surface area (Å²) in [5, 5.41) is 3.63. The van der Waals surface area contributed by atoms with Crippen molar-refractivity contribution in [1.82, 2.24) is 15.1 Å². The van der Waals surface area contributed by atoms with E-state index in [0.717, 1.165) is 37.6 Å². The first-order chi connectivity index (χ1) is 10.9. The summed E-state index contributed by atoms with van der Waals surface area (Å²) in [6.07, 6.45) is 13.9. The minimum Gasteiger partial charge on any atom is -0.356 e. The Kier molecular flexibility index (Phi) is 8.16. The fraction of sp³-hybridized carbons (Fsp3) is 0.833.